The lowest BCUT2D eigenvalue weighted by molar-refractivity contribution is -0.384. The van der Waals surface area contributed by atoms with Gasteiger partial charge in [-0.2, -0.15) is 5.10 Å². The van der Waals surface area contributed by atoms with Crippen molar-refractivity contribution in [1.82, 2.24) is 0 Å². The van der Waals surface area contributed by atoms with Crippen LogP contribution in [-0.2, 0) is 0 Å². The second-order valence-corrected chi connectivity index (χ2v) is 6.54. The van der Waals surface area contributed by atoms with Crippen LogP contribution in [-0.4, -0.2) is 23.8 Å². The first-order chi connectivity index (χ1) is 12.6. The third-order valence-electron chi connectivity index (χ3n) is 4.58. The third kappa shape index (κ3) is 4.20. The van der Waals surface area contributed by atoms with E-state index in [1.165, 1.54) is 12.1 Å². The quantitative estimate of drug-likeness (QED) is 0.537. The molecule has 0 fully saturated rings. The van der Waals surface area contributed by atoms with Crippen molar-refractivity contribution in [3.63, 3.8) is 0 Å². The smallest absolute Gasteiger partial charge is 0.269 e. The fraction of sp³-hybridized carbons (Fsp3) is 0.350. The Labute approximate surface area is 153 Å². The third-order valence-corrected chi connectivity index (χ3v) is 4.58. The van der Waals surface area contributed by atoms with E-state index in [1.54, 1.807) is 12.1 Å². The maximum Gasteiger partial charge on any atom is 0.269 e. The van der Waals surface area contributed by atoms with Crippen LogP contribution < -0.4 is 9.75 Å². The lowest BCUT2D eigenvalue weighted by atomic mass is 10.1. The summed E-state index contributed by atoms with van der Waals surface area (Å²) >= 11 is 0. The number of hydrogen-bond donors (Lipinski definition) is 0. The number of benzene rings is 2. The second-order valence-electron chi connectivity index (χ2n) is 6.54. The molecule has 1 aliphatic rings. The van der Waals surface area contributed by atoms with Gasteiger partial charge in [-0.15, -0.1) is 0 Å². The topological polar surface area (TPSA) is 68.0 Å². The van der Waals surface area contributed by atoms with Gasteiger partial charge in [0, 0.05) is 25.1 Å². The molecule has 1 atom stereocenters. The minimum Gasteiger partial charge on any atom is -0.493 e. The first-order valence-corrected chi connectivity index (χ1v) is 8.89. The van der Waals surface area contributed by atoms with Gasteiger partial charge in [0.25, 0.3) is 5.69 Å². The average Bonchev–Trinajstić information content (AvgIpc) is 3.16. The monoisotopic (exact) mass is 353 g/mol. The van der Waals surface area contributed by atoms with Crippen molar-refractivity contribution in [3.8, 4) is 5.75 Å². The molecule has 26 heavy (non-hydrogen) atoms. The van der Waals surface area contributed by atoms with Gasteiger partial charge in [0.2, 0.25) is 0 Å². The molecule has 0 saturated heterocycles. The highest BCUT2D eigenvalue weighted by molar-refractivity contribution is 6.02. The maximum atomic E-state index is 10.8. The van der Waals surface area contributed by atoms with Gasteiger partial charge in [0.15, 0.2) is 0 Å². The molecule has 0 N–H and O–H groups in total. The summed E-state index contributed by atoms with van der Waals surface area (Å²) in [6.07, 6.45) is 1.91. The van der Waals surface area contributed by atoms with Crippen molar-refractivity contribution in [2.45, 2.75) is 26.7 Å². The molecule has 2 aromatic carbocycles. The zero-order valence-electron chi connectivity index (χ0n) is 15.1. The number of anilines is 1. The van der Waals surface area contributed by atoms with E-state index in [2.05, 4.69) is 18.9 Å². The summed E-state index contributed by atoms with van der Waals surface area (Å²) < 4.78 is 5.79. The van der Waals surface area contributed by atoms with Crippen molar-refractivity contribution in [3.05, 3.63) is 64.2 Å². The summed E-state index contributed by atoms with van der Waals surface area (Å²) in [6.45, 7) is 5.85. The molecule has 0 saturated carbocycles. The normalized spacial score (nSPS) is 14.8. The zero-order chi connectivity index (χ0) is 18.5. The molecule has 6 heteroatoms. The van der Waals surface area contributed by atoms with Gasteiger partial charge in [0.1, 0.15) is 5.75 Å². The van der Waals surface area contributed by atoms with Crippen LogP contribution in [0.1, 0.15) is 32.3 Å². The molecule has 0 amide bonds. The molecule has 3 rings (SSSR count). The molecule has 1 aliphatic heterocycles. The number of nitrogens with zero attached hydrogens (tertiary/aromatic N) is 3. The van der Waals surface area contributed by atoms with Crippen molar-refractivity contribution in [2.75, 3.05) is 18.2 Å². The minimum absolute atomic E-state index is 0.0946. The molecule has 2 aromatic rings. The van der Waals surface area contributed by atoms with Crippen molar-refractivity contribution in [2.24, 2.45) is 11.0 Å². The predicted octanol–water partition coefficient (Wildman–Crippen LogP) is 4.63. The van der Waals surface area contributed by atoms with Crippen molar-refractivity contribution < 1.29 is 9.66 Å². The molecule has 1 heterocycles. The molecular weight excluding hydrogens is 330 g/mol. The lowest BCUT2D eigenvalue weighted by Crippen LogP contribution is -2.11. The van der Waals surface area contributed by atoms with Crippen LogP contribution >= 0.6 is 0 Å². The van der Waals surface area contributed by atoms with Crippen molar-refractivity contribution in [1.29, 1.82) is 0 Å². The molecule has 1 unspecified atom stereocenters. The first-order valence-electron chi connectivity index (χ1n) is 8.89. The van der Waals surface area contributed by atoms with Crippen molar-refractivity contribution >= 4 is 17.1 Å². The fourth-order valence-corrected chi connectivity index (χ4v) is 2.69. The largest absolute Gasteiger partial charge is 0.493 e. The Balaban J connectivity index is 1.66. The summed E-state index contributed by atoms with van der Waals surface area (Å²) in [5.41, 5.74) is 2.97. The minimum atomic E-state index is -0.391. The maximum absolute atomic E-state index is 10.8. The van der Waals surface area contributed by atoms with E-state index in [0.29, 0.717) is 5.92 Å². The Morgan fingerprint density at radius 2 is 1.88 bits per heavy atom. The molecular formula is C20H23N3O3. The van der Waals surface area contributed by atoms with E-state index in [-0.39, 0.29) is 5.69 Å². The number of ether oxygens (including phenoxy) is 1. The number of nitro groups is 1. The summed E-state index contributed by atoms with van der Waals surface area (Å²) in [5, 5.41) is 17.4. The molecule has 0 spiro atoms. The summed E-state index contributed by atoms with van der Waals surface area (Å²) in [6, 6.07) is 14.5. The van der Waals surface area contributed by atoms with Crippen LogP contribution in [0.25, 0.3) is 0 Å². The standard InChI is InChI=1S/C20H23N3O3/c1-3-15(2)14-26-19-10-8-17(9-11-19)22-13-12-20(21-22)16-4-6-18(7-5-16)23(24)25/h4-11,15H,3,12-14H2,1-2H3. The van der Waals surface area contributed by atoms with Gasteiger partial charge in [-0.3, -0.25) is 15.1 Å². The highest BCUT2D eigenvalue weighted by Crippen LogP contribution is 2.25. The van der Waals surface area contributed by atoms with Gasteiger partial charge in [0.05, 0.1) is 22.9 Å². The van der Waals surface area contributed by atoms with E-state index in [0.717, 1.165) is 48.7 Å². The van der Waals surface area contributed by atoms with Gasteiger partial charge in [-0.1, -0.05) is 20.3 Å². The Kier molecular flexibility index (Phi) is 5.51. The van der Waals surface area contributed by atoms with Gasteiger partial charge < -0.3 is 4.74 Å². The molecule has 0 aromatic heterocycles. The molecule has 6 nitrogen and oxygen atoms in total. The number of non-ortho nitro benzene ring substituents is 1. The highest BCUT2D eigenvalue weighted by atomic mass is 16.6. The van der Waals surface area contributed by atoms with E-state index < -0.39 is 4.92 Å². The Bertz CT molecular complexity index is 785. The van der Waals surface area contributed by atoms with Crippen LogP contribution in [0, 0.1) is 16.0 Å². The van der Waals surface area contributed by atoms with E-state index >= 15 is 0 Å². The van der Waals surface area contributed by atoms with Crippen LogP contribution in [0.3, 0.4) is 0 Å². The Hall–Kier alpha value is -2.89. The highest BCUT2D eigenvalue weighted by Gasteiger charge is 2.18. The summed E-state index contributed by atoms with van der Waals surface area (Å²) in [5.74, 6) is 1.41. The van der Waals surface area contributed by atoms with E-state index in [1.807, 2.05) is 29.3 Å². The Morgan fingerprint density at radius 1 is 1.19 bits per heavy atom. The second kappa shape index (κ2) is 7.99. The molecule has 0 radical (unpaired) electrons. The van der Waals surface area contributed by atoms with Crippen LogP contribution in [0.2, 0.25) is 0 Å². The van der Waals surface area contributed by atoms with Gasteiger partial charge in [-0.25, -0.2) is 0 Å². The fourth-order valence-electron chi connectivity index (χ4n) is 2.69. The Morgan fingerprint density at radius 3 is 2.50 bits per heavy atom. The van der Waals surface area contributed by atoms with Gasteiger partial charge in [-0.05, 0) is 47.9 Å². The predicted molar refractivity (Wildman–Crippen MR) is 103 cm³/mol. The zero-order valence-corrected chi connectivity index (χ0v) is 15.1. The number of hydrazone groups is 1. The van der Waals surface area contributed by atoms with E-state index in [9.17, 15) is 10.1 Å². The number of rotatable bonds is 7. The summed E-state index contributed by atoms with van der Waals surface area (Å²) in [7, 11) is 0. The van der Waals surface area contributed by atoms with Crippen LogP contribution in [0.5, 0.6) is 5.75 Å². The van der Waals surface area contributed by atoms with Crippen LogP contribution in [0.15, 0.2) is 53.6 Å². The summed E-state index contributed by atoms with van der Waals surface area (Å²) in [4.78, 5) is 10.4. The van der Waals surface area contributed by atoms with E-state index in [4.69, 9.17) is 4.74 Å². The average molecular weight is 353 g/mol. The molecule has 0 bridgehead atoms. The number of nitro benzene ring substituents is 1. The lowest BCUT2D eigenvalue weighted by Gasteiger charge is -2.15. The van der Waals surface area contributed by atoms with Crippen LogP contribution in [0.4, 0.5) is 11.4 Å². The molecule has 136 valence electrons. The first kappa shape index (κ1) is 17.9. The number of hydrogen-bond acceptors (Lipinski definition) is 5. The van der Waals surface area contributed by atoms with Gasteiger partial charge >= 0.3 is 0 Å². The molecule has 0 aliphatic carbocycles. The SMILES string of the molecule is CCC(C)COc1ccc(N2CCC(c3ccc([N+](=O)[O-])cc3)=N2)cc1.